The normalized spacial score (nSPS) is 16.4. The summed E-state index contributed by atoms with van der Waals surface area (Å²) in [6.45, 7) is -0.184. The van der Waals surface area contributed by atoms with Gasteiger partial charge in [-0.3, -0.25) is 4.79 Å². The van der Waals surface area contributed by atoms with Gasteiger partial charge in [0.25, 0.3) is 5.91 Å². The van der Waals surface area contributed by atoms with E-state index in [4.69, 9.17) is 4.74 Å². The van der Waals surface area contributed by atoms with Crippen LogP contribution >= 0.6 is 23.1 Å². The molecule has 0 N–H and O–H groups in total. The number of ether oxygens (including phenoxy) is 1. The van der Waals surface area contributed by atoms with Crippen molar-refractivity contribution in [1.82, 2.24) is 9.47 Å². The summed E-state index contributed by atoms with van der Waals surface area (Å²) in [5.41, 5.74) is 1.74. The Morgan fingerprint density at radius 1 is 1.32 bits per heavy atom. The fourth-order valence-corrected chi connectivity index (χ4v) is 5.48. The van der Waals surface area contributed by atoms with E-state index in [1.807, 2.05) is 40.9 Å². The second-order valence-corrected chi connectivity index (χ2v) is 8.58. The van der Waals surface area contributed by atoms with Gasteiger partial charge in [-0.1, -0.05) is 0 Å². The number of amides is 1. The lowest BCUT2D eigenvalue weighted by Gasteiger charge is -2.17. The van der Waals surface area contributed by atoms with Crippen LogP contribution < -0.4 is 0 Å². The van der Waals surface area contributed by atoms with Gasteiger partial charge >= 0.3 is 5.97 Å². The number of hydrogen-bond acceptors (Lipinski definition) is 5. The number of carbonyl (C=O) groups excluding carboxylic acids is 2. The van der Waals surface area contributed by atoms with Gasteiger partial charge in [-0.05, 0) is 42.7 Å². The monoisotopic (exact) mass is 376 g/mol. The minimum absolute atomic E-state index is 0.127. The SMILES string of the molecule is CN(C(=O)COC(=O)c1c(-n2cccc2)sc2c1CCSC2)C1CC1. The predicted octanol–water partition coefficient (Wildman–Crippen LogP) is 3.11. The molecule has 132 valence electrons. The van der Waals surface area contributed by atoms with E-state index in [1.165, 1.54) is 4.88 Å². The van der Waals surface area contributed by atoms with E-state index in [-0.39, 0.29) is 18.5 Å². The third-order valence-electron chi connectivity index (χ3n) is 4.66. The summed E-state index contributed by atoms with van der Waals surface area (Å²) in [6, 6.07) is 4.21. The quantitative estimate of drug-likeness (QED) is 0.753. The van der Waals surface area contributed by atoms with Gasteiger partial charge in [-0.15, -0.1) is 11.3 Å². The molecule has 0 unspecified atom stereocenters. The van der Waals surface area contributed by atoms with Crippen LogP contribution in [-0.4, -0.2) is 46.8 Å². The van der Waals surface area contributed by atoms with Crippen LogP contribution in [0, 0.1) is 0 Å². The van der Waals surface area contributed by atoms with Crippen molar-refractivity contribution in [3.05, 3.63) is 40.5 Å². The summed E-state index contributed by atoms with van der Waals surface area (Å²) in [5, 5.41) is 0.894. The predicted molar refractivity (Wildman–Crippen MR) is 99.6 cm³/mol. The second-order valence-electron chi connectivity index (χ2n) is 6.39. The highest BCUT2D eigenvalue weighted by molar-refractivity contribution is 7.98. The first kappa shape index (κ1) is 16.7. The lowest BCUT2D eigenvalue weighted by Crippen LogP contribution is -2.33. The number of nitrogens with zero attached hydrogens (tertiary/aromatic N) is 2. The topological polar surface area (TPSA) is 51.5 Å². The molecule has 3 heterocycles. The summed E-state index contributed by atoms with van der Waals surface area (Å²) in [7, 11) is 1.78. The molecule has 2 aliphatic rings. The highest BCUT2D eigenvalue weighted by Crippen LogP contribution is 2.38. The number of carbonyl (C=O) groups is 2. The van der Waals surface area contributed by atoms with Gasteiger partial charge in [0.15, 0.2) is 6.61 Å². The van der Waals surface area contributed by atoms with E-state index in [0.717, 1.165) is 41.3 Å². The Morgan fingerprint density at radius 3 is 2.80 bits per heavy atom. The summed E-state index contributed by atoms with van der Waals surface area (Å²) >= 11 is 3.54. The summed E-state index contributed by atoms with van der Waals surface area (Å²) in [6.07, 6.45) is 6.84. The lowest BCUT2D eigenvalue weighted by molar-refractivity contribution is -0.133. The van der Waals surface area contributed by atoms with E-state index < -0.39 is 0 Å². The number of aromatic nitrogens is 1. The zero-order valence-electron chi connectivity index (χ0n) is 14.1. The van der Waals surface area contributed by atoms with Crippen LogP contribution in [0.3, 0.4) is 0 Å². The molecule has 0 radical (unpaired) electrons. The molecule has 0 spiro atoms. The number of esters is 1. The van der Waals surface area contributed by atoms with Crippen molar-refractivity contribution in [2.24, 2.45) is 0 Å². The van der Waals surface area contributed by atoms with Crippen LogP contribution in [0.2, 0.25) is 0 Å². The number of fused-ring (bicyclic) bond motifs is 1. The Kier molecular flexibility index (Phi) is 4.60. The number of thiophene rings is 1. The maximum absolute atomic E-state index is 12.8. The van der Waals surface area contributed by atoms with Crippen molar-refractivity contribution in [2.75, 3.05) is 19.4 Å². The van der Waals surface area contributed by atoms with E-state index in [9.17, 15) is 9.59 Å². The zero-order chi connectivity index (χ0) is 17.4. The molecule has 1 aliphatic heterocycles. The van der Waals surface area contributed by atoms with E-state index >= 15 is 0 Å². The zero-order valence-corrected chi connectivity index (χ0v) is 15.7. The minimum atomic E-state index is -0.384. The van der Waals surface area contributed by atoms with E-state index in [1.54, 1.807) is 23.3 Å². The average Bonchev–Trinajstić information content (AvgIpc) is 3.19. The van der Waals surface area contributed by atoms with Crippen molar-refractivity contribution < 1.29 is 14.3 Å². The Balaban J connectivity index is 1.56. The fraction of sp³-hybridized carbons (Fsp3) is 0.444. The molecule has 0 bridgehead atoms. The number of likely N-dealkylation sites (N-methyl/N-ethyl adjacent to an activating group) is 1. The maximum atomic E-state index is 12.8. The average molecular weight is 377 g/mol. The smallest absolute Gasteiger partial charge is 0.341 e. The molecule has 0 saturated heterocycles. The molecule has 25 heavy (non-hydrogen) atoms. The molecule has 0 aromatic carbocycles. The molecule has 5 nitrogen and oxygen atoms in total. The summed E-state index contributed by atoms with van der Waals surface area (Å²) < 4.78 is 7.37. The van der Waals surface area contributed by atoms with Crippen LogP contribution in [0.5, 0.6) is 0 Å². The molecule has 2 aromatic heterocycles. The van der Waals surface area contributed by atoms with Gasteiger partial charge in [0, 0.05) is 36.1 Å². The molecule has 2 aromatic rings. The van der Waals surface area contributed by atoms with Crippen LogP contribution in [-0.2, 0) is 21.7 Å². The first-order chi connectivity index (χ1) is 12.1. The van der Waals surface area contributed by atoms with Gasteiger partial charge in [0.2, 0.25) is 0 Å². The first-order valence-corrected chi connectivity index (χ1v) is 10.4. The maximum Gasteiger partial charge on any atom is 0.341 e. The molecule has 0 atom stereocenters. The van der Waals surface area contributed by atoms with Crippen molar-refractivity contribution in [3.63, 3.8) is 0 Å². The second kappa shape index (κ2) is 6.88. The van der Waals surface area contributed by atoms with Gasteiger partial charge in [-0.2, -0.15) is 11.8 Å². The van der Waals surface area contributed by atoms with Crippen LogP contribution in [0.15, 0.2) is 24.5 Å². The number of rotatable bonds is 5. The largest absolute Gasteiger partial charge is 0.452 e. The molecular formula is C18H20N2O3S2. The molecule has 1 saturated carbocycles. The molecule has 1 fully saturated rings. The van der Waals surface area contributed by atoms with E-state index in [2.05, 4.69) is 0 Å². The number of thioether (sulfide) groups is 1. The van der Waals surface area contributed by atoms with Crippen molar-refractivity contribution in [2.45, 2.75) is 31.1 Å². The Hall–Kier alpha value is -1.73. The van der Waals surface area contributed by atoms with Gasteiger partial charge in [0.05, 0.1) is 5.56 Å². The number of hydrogen-bond donors (Lipinski definition) is 0. The lowest BCUT2D eigenvalue weighted by atomic mass is 10.1. The Morgan fingerprint density at radius 2 is 2.08 bits per heavy atom. The first-order valence-electron chi connectivity index (χ1n) is 8.43. The van der Waals surface area contributed by atoms with Crippen molar-refractivity contribution in [1.29, 1.82) is 0 Å². The van der Waals surface area contributed by atoms with Crippen LogP contribution in [0.1, 0.15) is 33.6 Å². The molecule has 1 aliphatic carbocycles. The van der Waals surface area contributed by atoms with Crippen LogP contribution in [0.4, 0.5) is 0 Å². The molecule has 4 rings (SSSR count). The molecular weight excluding hydrogens is 356 g/mol. The molecule has 1 amide bonds. The van der Waals surface area contributed by atoms with Gasteiger partial charge in [-0.25, -0.2) is 4.79 Å². The van der Waals surface area contributed by atoms with Gasteiger partial charge in [0.1, 0.15) is 5.00 Å². The highest BCUT2D eigenvalue weighted by atomic mass is 32.2. The van der Waals surface area contributed by atoms with Gasteiger partial charge < -0.3 is 14.2 Å². The van der Waals surface area contributed by atoms with Crippen molar-refractivity contribution in [3.8, 4) is 5.00 Å². The third kappa shape index (κ3) is 3.35. The van der Waals surface area contributed by atoms with E-state index in [0.29, 0.717) is 11.6 Å². The fourth-order valence-electron chi connectivity index (χ4n) is 3.05. The summed E-state index contributed by atoms with van der Waals surface area (Å²) in [5.74, 6) is 1.44. The Bertz CT molecular complexity index is 794. The van der Waals surface area contributed by atoms with Crippen molar-refractivity contribution >= 4 is 35.0 Å². The third-order valence-corrected chi connectivity index (χ3v) is 7.07. The molecule has 7 heteroatoms. The highest BCUT2D eigenvalue weighted by Gasteiger charge is 2.31. The Labute approximate surface area is 155 Å². The minimum Gasteiger partial charge on any atom is -0.452 e. The summed E-state index contributed by atoms with van der Waals surface area (Å²) in [4.78, 5) is 27.9. The van der Waals surface area contributed by atoms with Crippen LogP contribution in [0.25, 0.3) is 5.00 Å². The standard InChI is InChI=1S/C18H20N2O3S2/c1-19(12-4-5-12)15(21)10-23-18(22)16-13-6-9-24-11-14(13)25-17(16)20-7-2-3-8-20/h2-3,7-8,12H,4-6,9-11H2,1H3.